The van der Waals surface area contributed by atoms with Gasteiger partial charge in [0.1, 0.15) is 5.82 Å². The van der Waals surface area contributed by atoms with E-state index in [4.69, 9.17) is 9.15 Å². The van der Waals surface area contributed by atoms with Crippen molar-refractivity contribution in [2.24, 2.45) is 0 Å². The first kappa shape index (κ1) is 21.1. The minimum atomic E-state index is -0.232. The Kier molecular flexibility index (Phi) is 7.24. The molecule has 7 nitrogen and oxygen atoms in total. The van der Waals surface area contributed by atoms with Crippen molar-refractivity contribution >= 4 is 28.6 Å². The van der Waals surface area contributed by atoms with Gasteiger partial charge in [-0.15, -0.1) is 5.10 Å². The summed E-state index contributed by atoms with van der Waals surface area (Å²) in [6.45, 7) is 5.33. The van der Waals surface area contributed by atoms with Gasteiger partial charge in [0.15, 0.2) is 0 Å². The van der Waals surface area contributed by atoms with Gasteiger partial charge in [-0.3, -0.25) is 9.88 Å². The quantitative estimate of drug-likeness (QED) is 0.357. The summed E-state index contributed by atoms with van der Waals surface area (Å²) in [5.41, 5.74) is 2.20. The molecule has 1 aliphatic heterocycles. The Morgan fingerprint density at radius 1 is 1.13 bits per heavy atom. The molecule has 0 aliphatic carbocycles. The van der Waals surface area contributed by atoms with Crippen molar-refractivity contribution < 1.29 is 13.5 Å². The van der Waals surface area contributed by atoms with E-state index in [9.17, 15) is 4.39 Å². The van der Waals surface area contributed by atoms with Gasteiger partial charge in [0, 0.05) is 47.6 Å². The Labute approximate surface area is 188 Å². The molecule has 0 radical (unpaired) electrons. The summed E-state index contributed by atoms with van der Waals surface area (Å²) in [5.74, 6) is 0.166. The number of benzene rings is 1. The number of aromatic nitrogens is 3. The van der Waals surface area contributed by atoms with E-state index in [0.717, 1.165) is 60.5 Å². The number of nitrogens with one attached hydrogen (secondary N) is 1. The number of morpholine rings is 1. The van der Waals surface area contributed by atoms with Crippen molar-refractivity contribution in [1.82, 2.24) is 20.1 Å². The molecule has 0 atom stereocenters. The van der Waals surface area contributed by atoms with Crippen LogP contribution in [0, 0.1) is 9.39 Å². The van der Waals surface area contributed by atoms with E-state index in [1.165, 1.54) is 6.07 Å². The van der Waals surface area contributed by atoms with Gasteiger partial charge in [0.2, 0.25) is 5.89 Å². The largest absolute Gasteiger partial charge is 0.403 e. The third-order valence-corrected chi connectivity index (χ3v) is 5.66. The van der Waals surface area contributed by atoms with Gasteiger partial charge in [-0.05, 0) is 64.9 Å². The van der Waals surface area contributed by atoms with Crippen LogP contribution in [-0.4, -0.2) is 59.5 Å². The number of ether oxygens (including phenoxy) is 1. The minimum absolute atomic E-state index is 0.232. The van der Waals surface area contributed by atoms with E-state index in [2.05, 4.69) is 48.0 Å². The maximum atomic E-state index is 14.3. The Morgan fingerprint density at radius 3 is 2.83 bits per heavy atom. The lowest BCUT2D eigenvalue weighted by molar-refractivity contribution is 0.0378. The third kappa shape index (κ3) is 5.52. The van der Waals surface area contributed by atoms with Gasteiger partial charge < -0.3 is 14.5 Å². The second kappa shape index (κ2) is 10.3. The van der Waals surface area contributed by atoms with Crippen LogP contribution in [0.1, 0.15) is 17.5 Å². The SMILES string of the molecule is Fc1cc(I)ccc1Cc1cnccc1-c1nnc(NCCCN2CCOCC2)o1. The standard InChI is InChI=1S/C21H23FIN5O2/c22-19-13-17(23)3-2-15(19)12-16-14-24-6-4-18(16)20-26-27-21(30-20)25-5-1-7-28-8-10-29-11-9-28/h2-4,6,13-14H,1,5,7-12H2,(H,25,27). The van der Waals surface area contributed by atoms with Crippen LogP contribution in [-0.2, 0) is 11.2 Å². The number of hydrogen-bond acceptors (Lipinski definition) is 7. The van der Waals surface area contributed by atoms with Crippen molar-refractivity contribution in [3.05, 3.63) is 57.2 Å². The normalized spacial score (nSPS) is 14.7. The summed E-state index contributed by atoms with van der Waals surface area (Å²) in [6, 6.07) is 7.41. The number of halogens is 2. The summed E-state index contributed by atoms with van der Waals surface area (Å²) >= 11 is 2.10. The summed E-state index contributed by atoms with van der Waals surface area (Å²) in [7, 11) is 0. The topological polar surface area (TPSA) is 76.3 Å². The molecular weight excluding hydrogens is 500 g/mol. The zero-order chi connectivity index (χ0) is 20.8. The van der Waals surface area contributed by atoms with Gasteiger partial charge in [-0.1, -0.05) is 11.2 Å². The van der Waals surface area contributed by atoms with Crippen LogP contribution < -0.4 is 5.32 Å². The van der Waals surface area contributed by atoms with Gasteiger partial charge in [-0.2, -0.15) is 0 Å². The van der Waals surface area contributed by atoms with Crippen molar-refractivity contribution in [2.75, 3.05) is 44.7 Å². The van der Waals surface area contributed by atoms with Crippen LogP contribution in [0.2, 0.25) is 0 Å². The highest BCUT2D eigenvalue weighted by Gasteiger charge is 2.15. The molecule has 0 bridgehead atoms. The molecule has 4 rings (SSSR count). The molecule has 1 aliphatic rings. The zero-order valence-corrected chi connectivity index (χ0v) is 18.6. The Balaban J connectivity index is 1.38. The lowest BCUT2D eigenvalue weighted by atomic mass is 10.0. The second-order valence-corrected chi connectivity index (χ2v) is 8.34. The molecule has 9 heteroatoms. The number of rotatable bonds is 8. The van der Waals surface area contributed by atoms with Gasteiger partial charge in [-0.25, -0.2) is 4.39 Å². The minimum Gasteiger partial charge on any atom is -0.403 e. The second-order valence-electron chi connectivity index (χ2n) is 7.09. The van der Waals surface area contributed by atoms with E-state index in [0.29, 0.717) is 23.9 Å². The molecule has 1 saturated heterocycles. The summed E-state index contributed by atoms with van der Waals surface area (Å²) < 4.78 is 26.3. The maximum absolute atomic E-state index is 14.3. The molecule has 3 aromatic rings. The number of nitrogens with zero attached hydrogens (tertiary/aromatic N) is 4. The molecule has 3 heterocycles. The fourth-order valence-corrected chi connectivity index (χ4v) is 3.83. The molecule has 158 valence electrons. The number of pyridine rings is 1. The average molecular weight is 523 g/mol. The number of anilines is 1. The van der Waals surface area contributed by atoms with Gasteiger partial charge in [0.05, 0.1) is 13.2 Å². The molecule has 30 heavy (non-hydrogen) atoms. The molecule has 0 saturated carbocycles. The molecule has 1 fully saturated rings. The highest BCUT2D eigenvalue weighted by Crippen LogP contribution is 2.26. The first-order valence-electron chi connectivity index (χ1n) is 9.94. The highest BCUT2D eigenvalue weighted by molar-refractivity contribution is 14.1. The van der Waals surface area contributed by atoms with Crippen LogP contribution in [0.5, 0.6) is 0 Å². The van der Waals surface area contributed by atoms with E-state index in [-0.39, 0.29) is 5.82 Å². The van der Waals surface area contributed by atoms with E-state index >= 15 is 0 Å². The fourth-order valence-electron chi connectivity index (χ4n) is 3.37. The molecule has 0 amide bonds. The van der Waals surface area contributed by atoms with E-state index in [1.54, 1.807) is 18.5 Å². The van der Waals surface area contributed by atoms with Crippen LogP contribution in [0.15, 0.2) is 41.1 Å². The first-order chi connectivity index (χ1) is 14.7. The van der Waals surface area contributed by atoms with Crippen LogP contribution in [0.3, 0.4) is 0 Å². The van der Waals surface area contributed by atoms with E-state index < -0.39 is 0 Å². The van der Waals surface area contributed by atoms with Crippen molar-refractivity contribution in [2.45, 2.75) is 12.8 Å². The first-order valence-corrected chi connectivity index (χ1v) is 11.0. The Morgan fingerprint density at radius 2 is 2.00 bits per heavy atom. The third-order valence-electron chi connectivity index (χ3n) is 4.99. The Bertz CT molecular complexity index is 978. The van der Waals surface area contributed by atoms with Crippen molar-refractivity contribution in [1.29, 1.82) is 0 Å². The maximum Gasteiger partial charge on any atom is 0.315 e. The summed E-state index contributed by atoms with van der Waals surface area (Å²) in [6.07, 6.45) is 4.76. The van der Waals surface area contributed by atoms with Crippen molar-refractivity contribution in [3.63, 3.8) is 0 Å². The molecular formula is C21H23FIN5O2. The molecule has 0 spiro atoms. The van der Waals surface area contributed by atoms with Gasteiger partial charge >= 0.3 is 6.01 Å². The lowest BCUT2D eigenvalue weighted by Crippen LogP contribution is -2.37. The van der Waals surface area contributed by atoms with Crippen LogP contribution >= 0.6 is 22.6 Å². The highest BCUT2D eigenvalue weighted by atomic mass is 127. The summed E-state index contributed by atoms with van der Waals surface area (Å²) in [4.78, 5) is 6.57. The predicted molar refractivity (Wildman–Crippen MR) is 120 cm³/mol. The Hall–Kier alpha value is -2.11. The van der Waals surface area contributed by atoms with Gasteiger partial charge in [0.25, 0.3) is 0 Å². The molecule has 1 N–H and O–H groups in total. The van der Waals surface area contributed by atoms with Crippen LogP contribution in [0.4, 0.5) is 10.4 Å². The average Bonchev–Trinajstić information content (AvgIpc) is 3.23. The lowest BCUT2D eigenvalue weighted by Gasteiger charge is -2.26. The fraction of sp³-hybridized carbons (Fsp3) is 0.381. The number of hydrogen-bond donors (Lipinski definition) is 1. The van der Waals surface area contributed by atoms with E-state index in [1.807, 2.05) is 12.1 Å². The smallest absolute Gasteiger partial charge is 0.315 e. The predicted octanol–water partition coefficient (Wildman–Crippen LogP) is 3.60. The molecule has 2 aromatic heterocycles. The summed E-state index contributed by atoms with van der Waals surface area (Å²) in [5, 5.41) is 11.4. The molecule has 1 aromatic carbocycles. The van der Waals surface area contributed by atoms with Crippen LogP contribution in [0.25, 0.3) is 11.5 Å². The monoisotopic (exact) mass is 523 g/mol. The van der Waals surface area contributed by atoms with Crippen molar-refractivity contribution in [3.8, 4) is 11.5 Å². The zero-order valence-electron chi connectivity index (χ0n) is 16.5. The molecule has 0 unspecified atom stereocenters.